The Morgan fingerprint density at radius 3 is 2.95 bits per heavy atom. The summed E-state index contributed by atoms with van der Waals surface area (Å²) in [4.78, 5) is 18.0. The molecule has 0 bridgehead atoms. The average Bonchev–Trinajstić information content (AvgIpc) is 3.01. The summed E-state index contributed by atoms with van der Waals surface area (Å²) in [7, 11) is 0. The number of carbonyl (C=O) groups excluding carboxylic acids is 1. The van der Waals surface area contributed by atoms with Crippen LogP contribution in [0.2, 0.25) is 10.0 Å². The highest BCUT2D eigenvalue weighted by Gasteiger charge is 2.34. The number of imidazole rings is 1. The predicted octanol–water partition coefficient (Wildman–Crippen LogP) is 2.11. The molecule has 0 aliphatic carbocycles. The average molecular weight is 346 g/mol. The minimum absolute atomic E-state index is 0.0179. The predicted molar refractivity (Wildman–Crippen MR) is 81.0 cm³/mol. The molecule has 1 N–H and O–H groups in total. The summed E-state index contributed by atoms with van der Waals surface area (Å²) in [5.74, 6) is -0.259. The monoisotopic (exact) mass is 345 g/mol. The first-order valence-electron chi connectivity index (χ1n) is 6.85. The summed E-state index contributed by atoms with van der Waals surface area (Å²) >= 11 is 12.0. The van der Waals surface area contributed by atoms with Crippen LogP contribution >= 0.6 is 23.2 Å². The number of hydrogen-bond donors (Lipinski definition) is 1. The Balaban J connectivity index is 1.81. The van der Waals surface area contributed by atoms with Crippen LogP contribution in [0.3, 0.4) is 0 Å². The lowest BCUT2D eigenvalue weighted by atomic mass is 10.2. The number of likely N-dealkylation sites (tertiary alicyclic amines) is 1. The molecule has 3 rings (SSSR count). The normalized spacial score (nSPS) is 21.7. The number of aromatic nitrogens is 2. The zero-order valence-corrected chi connectivity index (χ0v) is 13.1. The summed E-state index contributed by atoms with van der Waals surface area (Å²) in [6.45, 7) is -0.219. The van der Waals surface area contributed by atoms with Crippen molar-refractivity contribution in [1.82, 2.24) is 14.3 Å². The second kappa shape index (κ2) is 6.02. The zero-order chi connectivity index (χ0) is 15.9. The molecule has 2 aromatic rings. The number of aliphatic hydroxyl groups is 1. The lowest BCUT2D eigenvalue weighted by Gasteiger charge is -2.22. The van der Waals surface area contributed by atoms with E-state index in [1.807, 2.05) is 0 Å². The molecular weight excluding hydrogens is 332 g/mol. The van der Waals surface area contributed by atoms with Gasteiger partial charge >= 0.3 is 0 Å². The van der Waals surface area contributed by atoms with Crippen LogP contribution in [0.5, 0.6) is 0 Å². The van der Waals surface area contributed by atoms with Gasteiger partial charge in [0.05, 0.1) is 41.4 Å². The number of nitrogens with zero attached hydrogens (tertiary/aromatic N) is 3. The van der Waals surface area contributed by atoms with Gasteiger partial charge in [0.2, 0.25) is 5.91 Å². The van der Waals surface area contributed by atoms with Crippen LogP contribution in [0.1, 0.15) is 12.1 Å². The number of rotatable bonds is 3. The van der Waals surface area contributed by atoms with Crippen LogP contribution in [-0.2, 0) is 11.2 Å². The first-order valence-corrected chi connectivity index (χ1v) is 7.60. The van der Waals surface area contributed by atoms with Gasteiger partial charge in [0.15, 0.2) is 5.65 Å². The van der Waals surface area contributed by atoms with E-state index in [1.54, 1.807) is 22.9 Å². The molecule has 0 spiro atoms. The maximum atomic E-state index is 13.4. The number of halogens is 3. The topological polar surface area (TPSA) is 57.8 Å². The lowest BCUT2D eigenvalue weighted by molar-refractivity contribution is -0.132. The van der Waals surface area contributed by atoms with E-state index in [9.17, 15) is 14.3 Å². The lowest BCUT2D eigenvalue weighted by Crippen LogP contribution is -2.38. The molecule has 2 atom stereocenters. The van der Waals surface area contributed by atoms with Crippen LogP contribution < -0.4 is 0 Å². The molecule has 0 radical (unpaired) electrons. The summed E-state index contributed by atoms with van der Waals surface area (Å²) in [5.41, 5.74) is 1.03. The third-order valence-corrected chi connectivity index (χ3v) is 4.23. The van der Waals surface area contributed by atoms with E-state index < -0.39 is 12.2 Å². The largest absolute Gasteiger partial charge is 0.394 e. The van der Waals surface area contributed by atoms with Crippen molar-refractivity contribution in [3.05, 3.63) is 34.2 Å². The van der Waals surface area contributed by atoms with Crippen molar-refractivity contribution < 1.29 is 14.3 Å². The highest BCUT2D eigenvalue weighted by atomic mass is 35.5. The van der Waals surface area contributed by atoms with Crippen LogP contribution in [0.25, 0.3) is 5.65 Å². The maximum absolute atomic E-state index is 13.4. The fourth-order valence-corrected chi connectivity index (χ4v) is 3.28. The van der Waals surface area contributed by atoms with E-state index in [0.717, 1.165) is 0 Å². The fraction of sp³-hybridized carbons (Fsp3) is 0.429. The fourth-order valence-electron chi connectivity index (χ4n) is 2.75. The summed E-state index contributed by atoms with van der Waals surface area (Å²) in [5, 5.41) is 10.1. The molecular formula is C14H14Cl2FN3O2. The van der Waals surface area contributed by atoms with Crippen LogP contribution in [0.4, 0.5) is 4.39 Å². The van der Waals surface area contributed by atoms with Crippen molar-refractivity contribution in [2.45, 2.75) is 25.1 Å². The van der Waals surface area contributed by atoms with Gasteiger partial charge in [-0.3, -0.25) is 4.79 Å². The van der Waals surface area contributed by atoms with Gasteiger partial charge in [0.25, 0.3) is 0 Å². The van der Waals surface area contributed by atoms with Gasteiger partial charge in [-0.25, -0.2) is 9.37 Å². The van der Waals surface area contributed by atoms with E-state index in [4.69, 9.17) is 23.2 Å². The van der Waals surface area contributed by atoms with E-state index in [-0.39, 0.29) is 31.9 Å². The highest BCUT2D eigenvalue weighted by Crippen LogP contribution is 2.24. The van der Waals surface area contributed by atoms with E-state index in [2.05, 4.69) is 4.98 Å². The van der Waals surface area contributed by atoms with Crippen LogP contribution in [0, 0.1) is 0 Å². The van der Waals surface area contributed by atoms with E-state index >= 15 is 0 Å². The second-order valence-corrected chi connectivity index (χ2v) is 6.21. The first kappa shape index (κ1) is 15.5. The Kier molecular flexibility index (Phi) is 4.25. The summed E-state index contributed by atoms with van der Waals surface area (Å²) in [6.07, 6.45) is 2.43. The second-order valence-electron chi connectivity index (χ2n) is 5.36. The quantitative estimate of drug-likeness (QED) is 0.926. The molecule has 2 aromatic heterocycles. The molecule has 0 aromatic carbocycles. The Bertz CT molecular complexity index is 721. The molecule has 3 heterocycles. The molecule has 0 unspecified atom stereocenters. The van der Waals surface area contributed by atoms with Gasteiger partial charge in [-0.2, -0.15) is 0 Å². The number of fused-ring (bicyclic) bond motifs is 1. The molecule has 5 nitrogen and oxygen atoms in total. The van der Waals surface area contributed by atoms with E-state index in [1.165, 1.54) is 4.90 Å². The van der Waals surface area contributed by atoms with Gasteiger partial charge in [0, 0.05) is 18.8 Å². The SMILES string of the molecule is O=C(Cc1cn2cc(Cl)cc(Cl)c2n1)N1C[C@@H](F)C[C@H]1CO. The highest BCUT2D eigenvalue weighted by molar-refractivity contribution is 6.36. The van der Waals surface area contributed by atoms with Gasteiger partial charge in [-0.1, -0.05) is 23.2 Å². The number of hydrogen-bond acceptors (Lipinski definition) is 3. The molecule has 0 saturated carbocycles. The first-order chi connectivity index (χ1) is 10.5. The third-order valence-electron chi connectivity index (χ3n) is 3.75. The molecule has 8 heteroatoms. The van der Waals surface area contributed by atoms with Crippen molar-refractivity contribution in [3.63, 3.8) is 0 Å². The number of pyridine rings is 1. The van der Waals surface area contributed by atoms with E-state index in [0.29, 0.717) is 21.4 Å². The maximum Gasteiger partial charge on any atom is 0.229 e. The van der Waals surface area contributed by atoms with Crippen LogP contribution in [-0.4, -0.2) is 50.7 Å². The molecule has 1 saturated heterocycles. The smallest absolute Gasteiger partial charge is 0.229 e. The Morgan fingerprint density at radius 2 is 2.23 bits per heavy atom. The van der Waals surface area contributed by atoms with Crippen molar-refractivity contribution >= 4 is 34.8 Å². The standard InChI is InChI=1S/C14H14Cl2FN3O2/c15-8-1-12(16)14-18-10(6-19(14)4-8)3-13(22)20-5-9(17)2-11(20)7-21/h1,4,6,9,11,21H,2-3,5,7H2/t9-,11-/m0/s1. The van der Waals surface area contributed by atoms with Gasteiger partial charge < -0.3 is 14.4 Å². The molecule has 1 aliphatic rings. The third kappa shape index (κ3) is 2.91. The van der Waals surface area contributed by atoms with Gasteiger partial charge in [0.1, 0.15) is 6.17 Å². The zero-order valence-electron chi connectivity index (χ0n) is 11.5. The molecule has 22 heavy (non-hydrogen) atoms. The molecule has 1 amide bonds. The number of aliphatic hydroxyl groups excluding tert-OH is 1. The Hall–Kier alpha value is -1.37. The van der Waals surface area contributed by atoms with Gasteiger partial charge in [-0.15, -0.1) is 0 Å². The molecule has 1 fully saturated rings. The van der Waals surface area contributed by atoms with Crippen molar-refractivity contribution in [2.24, 2.45) is 0 Å². The van der Waals surface area contributed by atoms with Crippen LogP contribution in [0.15, 0.2) is 18.5 Å². The number of alkyl halides is 1. The minimum atomic E-state index is -1.09. The Morgan fingerprint density at radius 1 is 1.45 bits per heavy atom. The number of carbonyl (C=O) groups is 1. The molecule has 1 aliphatic heterocycles. The summed E-state index contributed by atoms with van der Waals surface area (Å²) < 4.78 is 15.1. The van der Waals surface area contributed by atoms with Crippen molar-refractivity contribution in [3.8, 4) is 0 Å². The van der Waals surface area contributed by atoms with Crippen molar-refractivity contribution in [2.75, 3.05) is 13.2 Å². The number of amides is 1. The minimum Gasteiger partial charge on any atom is -0.394 e. The van der Waals surface area contributed by atoms with Gasteiger partial charge in [-0.05, 0) is 6.07 Å². The Labute approximate surface area is 136 Å². The van der Waals surface area contributed by atoms with Crippen molar-refractivity contribution in [1.29, 1.82) is 0 Å². The molecule has 118 valence electrons. The summed E-state index contributed by atoms with van der Waals surface area (Å²) in [6, 6.07) is 1.12.